The van der Waals surface area contributed by atoms with Crippen LogP contribution in [0.25, 0.3) is 0 Å². The fourth-order valence-corrected chi connectivity index (χ4v) is 4.26. The van der Waals surface area contributed by atoms with E-state index in [0.717, 1.165) is 22.2 Å². The number of nitro groups is 1. The molecule has 0 bridgehead atoms. The maximum atomic E-state index is 12.9. The van der Waals surface area contributed by atoms with Crippen molar-refractivity contribution in [1.82, 2.24) is 5.32 Å². The minimum Gasteiger partial charge on any atom is -0.497 e. The molecule has 0 saturated carbocycles. The van der Waals surface area contributed by atoms with Crippen molar-refractivity contribution in [1.29, 1.82) is 0 Å². The Kier molecular flexibility index (Phi) is 7.04. The van der Waals surface area contributed by atoms with Gasteiger partial charge >= 0.3 is 0 Å². The van der Waals surface area contributed by atoms with Gasteiger partial charge in [0, 0.05) is 12.1 Å². The summed E-state index contributed by atoms with van der Waals surface area (Å²) in [5.74, 6) is 0.143. The van der Waals surface area contributed by atoms with Gasteiger partial charge in [-0.05, 0) is 44.0 Å². The monoisotopic (exact) mass is 435 g/mol. The number of nitro benzene ring substituents is 1. The number of nitrogens with one attached hydrogen (secondary N) is 1. The number of carbonyl (C=O) groups excluding carboxylic acids is 1. The molecule has 0 aliphatic heterocycles. The fourth-order valence-electron chi connectivity index (χ4n) is 3.04. The second kappa shape index (κ2) is 9.12. The highest BCUT2D eigenvalue weighted by atomic mass is 32.2. The van der Waals surface area contributed by atoms with Crippen molar-refractivity contribution in [3.05, 3.63) is 63.7 Å². The van der Waals surface area contributed by atoms with Crippen LogP contribution in [0.4, 0.5) is 11.4 Å². The number of hydrogen-bond acceptors (Lipinski definition) is 6. The number of non-ortho nitro benzene ring substituents is 1. The molecule has 0 aromatic heterocycles. The molecule has 0 spiro atoms. The first-order valence-corrected chi connectivity index (χ1v) is 11.0. The lowest BCUT2D eigenvalue weighted by Crippen LogP contribution is -2.48. The Labute approximate surface area is 175 Å². The average Bonchev–Trinajstić information content (AvgIpc) is 2.68. The zero-order valence-electron chi connectivity index (χ0n) is 17.4. The van der Waals surface area contributed by atoms with Crippen molar-refractivity contribution in [3.8, 4) is 5.75 Å². The van der Waals surface area contributed by atoms with Crippen molar-refractivity contribution in [2.24, 2.45) is 0 Å². The molecule has 2 rings (SSSR count). The molecule has 0 aliphatic carbocycles. The Morgan fingerprint density at radius 1 is 1.17 bits per heavy atom. The predicted molar refractivity (Wildman–Crippen MR) is 114 cm³/mol. The van der Waals surface area contributed by atoms with Gasteiger partial charge in [-0.25, -0.2) is 8.42 Å². The number of methoxy groups -OCH3 is 1. The molecule has 1 amide bonds. The van der Waals surface area contributed by atoms with Crippen LogP contribution in [0.2, 0.25) is 0 Å². The van der Waals surface area contributed by atoms with Gasteiger partial charge in [0.1, 0.15) is 11.8 Å². The summed E-state index contributed by atoms with van der Waals surface area (Å²) in [6.45, 7) is 4.84. The first-order valence-electron chi connectivity index (χ1n) is 9.14. The molecule has 0 aliphatic rings. The molecule has 0 fully saturated rings. The molecule has 1 N–H and O–H groups in total. The largest absolute Gasteiger partial charge is 0.497 e. The molecule has 9 nitrogen and oxygen atoms in total. The molecule has 0 unspecified atom stereocenters. The number of amides is 1. The average molecular weight is 436 g/mol. The summed E-state index contributed by atoms with van der Waals surface area (Å²) < 4.78 is 31.0. The van der Waals surface area contributed by atoms with Crippen LogP contribution >= 0.6 is 0 Å². The van der Waals surface area contributed by atoms with E-state index in [0.29, 0.717) is 11.3 Å². The Morgan fingerprint density at radius 3 is 2.27 bits per heavy atom. The summed E-state index contributed by atoms with van der Waals surface area (Å²) in [4.78, 5) is 23.4. The summed E-state index contributed by atoms with van der Waals surface area (Å²) in [6.07, 6.45) is 0.960. The molecule has 0 saturated heterocycles. The van der Waals surface area contributed by atoms with Gasteiger partial charge in [0.2, 0.25) is 15.9 Å². The molecule has 0 radical (unpaired) electrons. The highest BCUT2D eigenvalue weighted by Crippen LogP contribution is 2.29. The molecule has 2 aromatic carbocycles. The number of rotatable bonds is 8. The van der Waals surface area contributed by atoms with Crippen molar-refractivity contribution < 1.29 is 22.9 Å². The summed E-state index contributed by atoms with van der Waals surface area (Å²) in [5, 5.41) is 13.9. The lowest BCUT2D eigenvalue weighted by molar-refractivity contribution is -0.384. The molecular weight excluding hydrogens is 410 g/mol. The fraction of sp³-hybridized carbons (Fsp3) is 0.350. The van der Waals surface area contributed by atoms with Crippen molar-refractivity contribution in [3.63, 3.8) is 0 Å². The van der Waals surface area contributed by atoms with E-state index in [-0.39, 0.29) is 11.4 Å². The van der Waals surface area contributed by atoms with Gasteiger partial charge in [-0.2, -0.15) is 0 Å². The van der Waals surface area contributed by atoms with Crippen molar-refractivity contribution >= 4 is 27.3 Å². The van der Waals surface area contributed by atoms with Crippen molar-refractivity contribution in [2.45, 2.75) is 32.9 Å². The molecular formula is C20H25N3O6S. The summed E-state index contributed by atoms with van der Waals surface area (Å²) >= 11 is 0. The standard InChI is InChI=1S/C20H25N3O6S/c1-13-6-9-17(23(25)26)12-19(13)22(30(5,27)28)15(3)20(24)21-14(2)16-7-10-18(29-4)11-8-16/h6-12,14-15H,1-5H3,(H,21,24)/t14-,15+/m0/s1. The second-order valence-electron chi connectivity index (χ2n) is 6.97. The van der Waals surface area contributed by atoms with Crippen LogP contribution in [0.5, 0.6) is 5.75 Å². The van der Waals surface area contributed by atoms with Crippen LogP contribution in [0.3, 0.4) is 0 Å². The van der Waals surface area contributed by atoms with E-state index in [1.807, 2.05) is 0 Å². The molecule has 30 heavy (non-hydrogen) atoms. The van der Waals surface area contributed by atoms with Gasteiger partial charge in [-0.1, -0.05) is 18.2 Å². The number of aryl methyl sites for hydroxylation is 1. The van der Waals surface area contributed by atoms with Gasteiger partial charge in [-0.15, -0.1) is 0 Å². The van der Waals surface area contributed by atoms with Crippen LogP contribution in [-0.2, 0) is 14.8 Å². The molecule has 162 valence electrons. The van der Waals surface area contributed by atoms with Crippen LogP contribution in [-0.4, -0.2) is 38.7 Å². The minimum atomic E-state index is -3.90. The molecule has 0 heterocycles. The number of ether oxygens (including phenoxy) is 1. The van der Waals surface area contributed by atoms with E-state index in [1.54, 1.807) is 45.2 Å². The number of carbonyl (C=O) groups is 1. The summed E-state index contributed by atoms with van der Waals surface area (Å²) in [7, 11) is -2.35. The number of hydrogen-bond donors (Lipinski definition) is 1. The maximum Gasteiger partial charge on any atom is 0.271 e. The Hall–Kier alpha value is -3.14. The molecule has 2 atom stereocenters. The first kappa shape index (κ1) is 23.1. The van der Waals surface area contributed by atoms with Gasteiger partial charge in [0.25, 0.3) is 5.69 Å². The molecule has 10 heteroatoms. The first-order chi connectivity index (χ1) is 14.0. The lowest BCUT2D eigenvalue weighted by Gasteiger charge is -2.30. The quantitative estimate of drug-likeness (QED) is 0.503. The van der Waals surface area contributed by atoms with E-state index >= 15 is 0 Å². The maximum absolute atomic E-state index is 12.9. The zero-order valence-corrected chi connectivity index (χ0v) is 18.3. The summed E-state index contributed by atoms with van der Waals surface area (Å²) in [5.41, 5.74) is 1.14. The number of nitrogens with zero attached hydrogens (tertiary/aromatic N) is 2. The zero-order chi connectivity index (χ0) is 22.6. The third-order valence-electron chi connectivity index (χ3n) is 4.70. The molecule has 2 aromatic rings. The second-order valence-corrected chi connectivity index (χ2v) is 8.83. The van der Waals surface area contributed by atoms with Gasteiger partial charge in [0.15, 0.2) is 0 Å². The van der Waals surface area contributed by atoms with E-state index in [9.17, 15) is 23.3 Å². The van der Waals surface area contributed by atoms with E-state index in [4.69, 9.17) is 4.74 Å². The van der Waals surface area contributed by atoms with Crippen LogP contribution in [0, 0.1) is 17.0 Å². The van der Waals surface area contributed by atoms with Crippen LogP contribution in [0.15, 0.2) is 42.5 Å². The number of sulfonamides is 1. The van der Waals surface area contributed by atoms with E-state index < -0.39 is 32.9 Å². The highest BCUT2D eigenvalue weighted by molar-refractivity contribution is 7.92. The van der Waals surface area contributed by atoms with Crippen molar-refractivity contribution in [2.75, 3.05) is 17.7 Å². The number of anilines is 1. The SMILES string of the molecule is COc1ccc([C@H](C)NC(=O)[C@@H](C)N(c2cc([N+](=O)[O-])ccc2C)S(C)(=O)=O)cc1. The summed E-state index contributed by atoms with van der Waals surface area (Å²) in [6, 6.07) is 9.51. The van der Waals surface area contributed by atoms with Gasteiger partial charge < -0.3 is 10.1 Å². The van der Waals surface area contributed by atoms with Crippen LogP contribution in [0.1, 0.15) is 31.0 Å². The highest BCUT2D eigenvalue weighted by Gasteiger charge is 2.31. The normalized spacial score (nSPS) is 13.2. The Morgan fingerprint density at radius 2 is 1.77 bits per heavy atom. The predicted octanol–water partition coefficient (Wildman–Crippen LogP) is 2.94. The minimum absolute atomic E-state index is 0.0893. The Bertz CT molecular complexity index is 1040. The Balaban J connectivity index is 2.33. The van der Waals surface area contributed by atoms with E-state index in [2.05, 4.69) is 5.32 Å². The van der Waals surface area contributed by atoms with Gasteiger partial charge in [0.05, 0.1) is 30.0 Å². The van der Waals surface area contributed by atoms with E-state index in [1.165, 1.54) is 19.1 Å². The topological polar surface area (TPSA) is 119 Å². The number of benzene rings is 2. The van der Waals surface area contributed by atoms with Gasteiger partial charge in [-0.3, -0.25) is 19.2 Å². The van der Waals surface area contributed by atoms with Crippen LogP contribution < -0.4 is 14.4 Å². The third kappa shape index (κ3) is 5.26. The lowest BCUT2D eigenvalue weighted by atomic mass is 10.1. The third-order valence-corrected chi connectivity index (χ3v) is 5.93. The smallest absolute Gasteiger partial charge is 0.271 e.